The molecule has 98 valence electrons. The molecule has 0 saturated carbocycles. The van der Waals surface area contributed by atoms with Crippen molar-refractivity contribution in [2.24, 2.45) is 0 Å². The van der Waals surface area contributed by atoms with Crippen LogP contribution < -0.4 is 5.32 Å². The molecule has 0 radical (unpaired) electrons. The van der Waals surface area contributed by atoms with Crippen LogP contribution in [0.3, 0.4) is 0 Å². The fourth-order valence-corrected chi connectivity index (χ4v) is 3.78. The van der Waals surface area contributed by atoms with Crippen LogP contribution >= 0.6 is 27.3 Å². The summed E-state index contributed by atoms with van der Waals surface area (Å²) in [5.41, 5.74) is 2.19. The van der Waals surface area contributed by atoms with Crippen LogP contribution in [0, 0.1) is 6.92 Å². The minimum Gasteiger partial charge on any atom is -0.459 e. The molecule has 2 aromatic heterocycles. The Morgan fingerprint density at radius 1 is 1.21 bits per heavy atom. The van der Waals surface area contributed by atoms with E-state index in [9.17, 15) is 0 Å². The van der Waals surface area contributed by atoms with Crippen LogP contribution in [-0.4, -0.2) is 7.05 Å². The first-order valence-electron chi connectivity index (χ1n) is 6.10. The van der Waals surface area contributed by atoms with Crippen LogP contribution in [0.2, 0.25) is 0 Å². The minimum absolute atomic E-state index is 0.101. The molecule has 0 fully saturated rings. The maximum absolute atomic E-state index is 5.97. The molecule has 0 aliphatic heterocycles. The van der Waals surface area contributed by atoms with E-state index in [4.69, 9.17) is 4.42 Å². The molecule has 4 heteroatoms. The van der Waals surface area contributed by atoms with Crippen molar-refractivity contribution in [3.8, 4) is 0 Å². The van der Waals surface area contributed by atoms with E-state index in [0.717, 1.165) is 20.5 Å². The van der Waals surface area contributed by atoms with Gasteiger partial charge >= 0.3 is 0 Å². The quantitative estimate of drug-likeness (QED) is 0.738. The normalized spacial score (nSPS) is 13.0. The Morgan fingerprint density at radius 3 is 2.74 bits per heavy atom. The zero-order valence-corrected chi connectivity index (χ0v) is 13.1. The monoisotopic (exact) mass is 335 g/mol. The highest BCUT2D eigenvalue weighted by atomic mass is 79.9. The first-order valence-corrected chi connectivity index (χ1v) is 7.71. The molecular formula is C15H14BrNOS. The Labute approximate surface area is 124 Å². The summed E-state index contributed by atoms with van der Waals surface area (Å²) in [6, 6.07) is 12.7. The minimum atomic E-state index is 0.101. The summed E-state index contributed by atoms with van der Waals surface area (Å²) in [6.07, 6.45) is 0. The summed E-state index contributed by atoms with van der Waals surface area (Å²) in [5, 5.41) is 4.48. The van der Waals surface area contributed by atoms with E-state index >= 15 is 0 Å². The lowest BCUT2D eigenvalue weighted by Gasteiger charge is -2.10. The molecule has 2 heterocycles. The van der Waals surface area contributed by atoms with Crippen LogP contribution in [0.4, 0.5) is 0 Å². The number of thiophene rings is 1. The molecule has 0 aliphatic rings. The van der Waals surface area contributed by atoms with Gasteiger partial charge in [-0.15, -0.1) is 11.3 Å². The summed E-state index contributed by atoms with van der Waals surface area (Å²) in [6.45, 7) is 2.10. The highest BCUT2D eigenvalue weighted by molar-refractivity contribution is 9.11. The second-order valence-corrected chi connectivity index (χ2v) is 7.05. The summed E-state index contributed by atoms with van der Waals surface area (Å²) in [7, 11) is 1.96. The van der Waals surface area contributed by atoms with Gasteiger partial charge in [0.25, 0.3) is 0 Å². The van der Waals surface area contributed by atoms with E-state index in [1.807, 2.05) is 13.1 Å². The van der Waals surface area contributed by atoms with Gasteiger partial charge in [0.05, 0.1) is 3.79 Å². The van der Waals surface area contributed by atoms with Crippen molar-refractivity contribution in [1.82, 2.24) is 5.32 Å². The van der Waals surface area contributed by atoms with Crippen LogP contribution in [0.5, 0.6) is 0 Å². The van der Waals surface area contributed by atoms with Crippen molar-refractivity contribution in [2.75, 3.05) is 7.05 Å². The Morgan fingerprint density at radius 2 is 2.05 bits per heavy atom. The van der Waals surface area contributed by atoms with E-state index in [1.54, 1.807) is 11.3 Å². The topological polar surface area (TPSA) is 25.2 Å². The molecule has 2 nitrogen and oxygen atoms in total. The maximum Gasteiger partial charge on any atom is 0.134 e. The zero-order chi connectivity index (χ0) is 13.4. The molecule has 3 rings (SSSR count). The smallest absolute Gasteiger partial charge is 0.134 e. The lowest BCUT2D eigenvalue weighted by Crippen LogP contribution is -2.15. The third kappa shape index (κ3) is 2.48. The van der Waals surface area contributed by atoms with E-state index in [2.05, 4.69) is 58.5 Å². The first kappa shape index (κ1) is 12.9. The zero-order valence-electron chi connectivity index (χ0n) is 10.7. The van der Waals surface area contributed by atoms with Gasteiger partial charge in [-0.3, -0.25) is 0 Å². The van der Waals surface area contributed by atoms with Gasteiger partial charge < -0.3 is 9.73 Å². The molecule has 19 heavy (non-hydrogen) atoms. The lowest BCUT2D eigenvalue weighted by atomic mass is 10.1. The molecule has 1 N–H and O–H groups in total. The molecular weight excluding hydrogens is 322 g/mol. The second-order valence-electron chi connectivity index (χ2n) is 4.55. The van der Waals surface area contributed by atoms with Gasteiger partial charge in [-0.2, -0.15) is 0 Å². The van der Waals surface area contributed by atoms with Crippen molar-refractivity contribution in [2.45, 2.75) is 13.0 Å². The highest BCUT2D eigenvalue weighted by Crippen LogP contribution is 2.33. The number of hydrogen-bond acceptors (Lipinski definition) is 3. The van der Waals surface area contributed by atoms with Crippen LogP contribution in [0.25, 0.3) is 11.0 Å². The van der Waals surface area contributed by atoms with E-state index in [-0.39, 0.29) is 6.04 Å². The largest absolute Gasteiger partial charge is 0.459 e. The molecule has 0 spiro atoms. The van der Waals surface area contributed by atoms with E-state index in [1.165, 1.54) is 10.4 Å². The average Bonchev–Trinajstić information content (AvgIpc) is 2.96. The van der Waals surface area contributed by atoms with E-state index < -0.39 is 0 Å². The predicted octanol–water partition coefficient (Wildman–Crippen LogP) is 4.87. The average molecular weight is 336 g/mol. The fourth-order valence-electron chi connectivity index (χ4n) is 2.23. The van der Waals surface area contributed by atoms with E-state index in [0.29, 0.717) is 0 Å². The Hall–Kier alpha value is -1.10. The van der Waals surface area contributed by atoms with Gasteiger partial charge in [0.1, 0.15) is 17.4 Å². The standard InChI is InChI=1S/C15H14BrNOS/c1-9-3-4-11-10(7-9)8-12(18-11)15(17-2)13-5-6-14(16)19-13/h3-8,15,17H,1-2H3. The number of hydrogen-bond donors (Lipinski definition) is 1. The second kappa shape index (κ2) is 5.12. The Bertz CT molecular complexity index is 716. The van der Waals surface area contributed by atoms with Crippen LogP contribution in [-0.2, 0) is 0 Å². The van der Waals surface area contributed by atoms with Crippen molar-refractivity contribution in [3.63, 3.8) is 0 Å². The number of halogens is 1. The Kier molecular flexibility index (Phi) is 3.48. The summed E-state index contributed by atoms with van der Waals surface area (Å²) in [4.78, 5) is 1.24. The molecule has 0 bridgehead atoms. The van der Waals surface area contributed by atoms with Crippen molar-refractivity contribution < 1.29 is 4.42 Å². The first-order chi connectivity index (χ1) is 9.17. The van der Waals surface area contributed by atoms with Gasteiger partial charge in [0.15, 0.2) is 0 Å². The summed E-state index contributed by atoms with van der Waals surface area (Å²) in [5.74, 6) is 0.956. The molecule has 3 aromatic rings. The maximum atomic E-state index is 5.97. The Balaban J connectivity index is 2.06. The molecule has 1 unspecified atom stereocenters. The third-order valence-electron chi connectivity index (χ3n) is 3.14. The highest BCUT2D eigenvalue weighted by Gasteiger charge is 2.18. The van der Waals surface area contributed by atoms with Gasteiger partial charge in [-0.1, -0.05) is 11.6 Å². The van der Waals surface area contributed by atoms with Gasteiger partial charge in [0.2, 0.25) is 0 Å². The van der Waals surface area contributed by atoms with Crippen molar-refractivity contribution in [3.05, 3.63) is 56.4 Å². The lowest BCUT2D eigenvalue weighted by molar-refractivity contribution is 0.495. The number of benzene rings is 1. The fraction of sp³-hybridized carbons (Fsp3) is 0.200. The van der Waals surface area contributed by atoms with Crippen LogP contribution in [0.15, 0.2) is 44.6 Å². The number of rotatable bonds is 3. The predicted molar refractivity (Wildman–Crippen MR) is 83.9 cm³/mol. The number of furan rings is 1. The number of nitrogens with one attached hydrogen (secondary N) is 1. The van der Waals surface area contributed by atoms with Gasteiger partial charge in [0, 0.05) is 10.3 Å². The van der Waals surface area contributed by atoms with Gasteiger partial charge in [-0.25, -0.2) is 0 Å². The summed E-state index contributed by atoms with van der Waals surface area (Å²) < 4.78 is 7.10. The third-order valence-corrected chi connectivity index (χ3v) is 4.83. The molecule has 1 aromatic carbocycles. The number of fused-ring (bicyclic) bond motifs is 1. The molecule has 1 atom stereocenters. The van der Waals surface area contributed by atoms with Crippen molar-refractivity contribution >= 4 is 38.2 Å². The number of aryl methyl sites for hydroxylation is 1. The van der Waals surface area contributed by atoms with Gasteiger partial charge in [-0.05, 0) is 60.2 Å². The van der Waals surface area contributed by atoms with Crippen LogP contribution in [0.1, 0.15) is 22.2 Å². The molecule has 0 amide bonds. The van der Waals surface area contributed by atoms with Crippen molar-refractivity contribution in [1.29, 1.82) is 0 Å². The molecule has 0 saturated heterocycles. The molecule has 0 aliphatic carbocycles. The summed E-state index contributed by atoms with van der Waals surface area (Å²) >= 11 is 5.23. The SMILES string of the molecule is CNC(c1cc2cc(C)ccc2o1)c1ccc(Br)s1.